The summed E-state index contributed by atoms with van der Waals surface area (Å²) in [7, 11) is 1.54. The number of halogens is 2. The van der Waals surface area contributed by atoms with Gasteiger partial charge in [0.2, 0.25) is 0 Å². The molecule has 1 amide bonds. The summed E-state index contributed by atoms with van der Waals surface area (Å²) in [6, 6.07) is 7.65. The van der Waals surface area contributed by atoms with Gasteiger partial charge in [0.1, 0.15) is 12.4 Å². The number of hydrogen-bond acceptors (Lipinski definition) is 5. The van der Waals surface area contributed by atoms with Gasteiger partial charge in [0.25, 0.3) is 5.91 Å². The normalized spacial score (nSPS) is 17.4. The van der Waals surface area contributed by atoms with Crippen LogP contribution < -0.4 is 5.32 Å². The average molecular weight is 356 g/mol. The second-order valence-corrected chi connectivity index (χ2v) is 5.38. The molecule has 8 heteroatoms. The molecule has 1 fully saturated rings. The Labute approximate surface area is 145 Å². The highest BCUT2D eigenvalue weighted by molar-refractivity contribution is 5.92. The van der Waals surface area contributed by atoms with Crippen LogP contribution in [0.2, 0.25) is 0 Å². The van der Waals surface area contributed by atoms with Crippen LogP contribution in [0.15, 0.2) is 34.9 Å². The van der Waals surface area contributed by atoms with Crippen LogP contribution in [0.1, 0.15) is 27.9 Å². The van der Waals surface area contributed by atoms with Gasteiger partial charge in [-0.3, -0.25) is 4.79 Å². The molecule has 2 heterocycles. The second kappa shape index (κ2) is 8.23. The summed E-state index contributed by atoms with van der Waals surface area (Å²) in [5.74, 6) is -0.0514. The number of carbonyl (C=O) groups is 1. The maximum Gasteiger partial charge on any atom is 0.276 e. The highest BCUT2D eigenvalue weighted by Crippen LogP contribution is 2.24. The fourth-order valence-electron chi connectivity index (χ4n) is 2.73. The van der Waals surface area contributed by atoms with Gasteiger partial charge in [0.05, 0.1) is 6.04 Å². The number of nitrogens with one attached hydrogen (secondary N) is 1. The van der Waals surface area contributed by atoms with Gasteiger partial charge >= 0.3 is 0 Å². The van der Waals surface area contributed by atoms with E-state index in [0.717, 1.165) is 5.56 Å². The predicted molar refractivity (Wildman–Crippen MR) is 87.5 cm³/mol. The molecule has 0 radical (unpaired) electrons. The Morgan fingerprint density at radius 2 is 2.33 bits per heavy atom. The van der Waals surface area contributed by atoms with E-state index in [2.05, 4.69) is 10.5 Å². The third-order valence-corrected chi connectivity index (χ3v) is 3.80. The number of aromatic nitrogens is 1. The highest BCUT2D eigenvalue weighted by atomic mass is 35.5. The molecular formula is C16H19ClFN3O3. The van der Waals surface area contributed by atoms with Gasteiger partial charge in [-0.15, -0.1) is 12.4 Å². The van der Waals surface area contributed by atoms with Crippen molar-refractivity contribution in [2.45, 2.75) is 12.6 Å². The van der Waals surface area contributed by atoms with Crippen LogP contribution in [0.25, 0.3) is 0 Å². The first-order valence-electron chi connectivity index (χ1n) is 7.40. The number of carbonyl (C=O) groups excluding carboxylic acids is 1. The zero-order valence-electron chi connectivity index (χ0n) is 13.2. The van der Waals surface area contributed by atoms with Gasteiger partial charge < -0.3 is 19.5 Å². The Hall–Kier alpha value is -1.96. The molecule has 0 saturated carbocycles. The van der Waals surface area contributed by atoms with Gasteiger partial charge in [0.15, 0.2) is 11.5 Å². The molecule has 1 aromatic carbocycles. The van der Waals surface area contributed by atoms with Gasteiger partial charge in [-0.05, 0) is 17.7 Å². The first-order valence-corrected chi connectivity index (χ1v) is 7.40. The van der Waals surface area contributed by atoms with Crippen molar-refractivity contribution in [1.82, 2.24) is 15.4 Å². The topological polar surface area (TPSA) is 67.6 Å². The fraction of sp³-hybridized carbons (Fsp3) is 0.375. The lowest BCUT2D eigenvalue weighted by Gasteiger charge is -2.36. The minimum Gasteiger partial charge on any atom is -0.377 e. The third kappa shape index (κ3) is 3.92. The van der Waals surface area contributed by atoms with E-state index < -0.39 is 0 Å². The van der Waals surface area contributed by atoms with Crippen LogP contribution >= 0.6 is 12.4 Å². The average Bonchev–Trinajstić information content (AvgIpc) is 3.03. The smallest absolute Gasteiger partial charge is 0.276 e. The highest BCUT2D eigenvalue weighted by Gasteiger charge is 2.30. The molecule has 0 aliphatic carbocycles. The number of methoxy groups -OCH3 is 1. The van der Waals surface area contributed by atoms with E-state index >= 15 is 0 Å². The van der Waals surface area contributed by atoms with Crippen LogP contribution in [0, 0.1) is 5.82 Å². The summed E-state index contributed by atoms with van der Waals surface area (Å²) in [4.78, 5) is 14.4. The third-order valence-electron chi connectivity index (χ3n) is 3.80. The number of rotatable bonds is 4. The quantitative estimate of drug-likeness (QED) is 0.910. The molecule has 1 aliphatic heterocycles. The summed E-state index contributed by atoms with van der Waals surface area (Å²) in [6.45, 7) is 2.03. The van der Waals surface area contributed by atoms with E-state index in [1.165, 1.54) is 12.1 Å². The fourth-order valence-corrected chi connectivity index (χ4v) is 2.73. The lowest BCUT2D eigenvalue weighted by atomic mass is 10.0. The summed E-state index contributed by atoms with van der Waals surface area (Å²) >= 11 is 0. The van der Waals surface area contributed by atoms with E-state index in [4.69, 9.17) is 9.26 Å². The van der Waals surface area contributed by atoms with Gasteiger partial charge in [-0.25, -0.2) is 4.39 Å². The first-order chi connectivity index (χ1) is 11.2. The van der Waals surface area contributed by atoms with Crippen LogP contribution in [0.3, 0.4) is 0 Å². The number of hydrogen-bond donors (Lipinski definition) is 1. The van der Waals surface area contributed by atoms with E-state index in [0.29, 0.717) is 25.4 Å². The van der Waals surface area contributed by atoms with Gasteiger partial charge in [-0.2, -0.15) is 0 Å². The lowest BCUT2D eigenvalue weighted by molar-refractivity contribution is 0.0623. The molecule has 1 atom stereocenters. The summed E-state index contributed by atoms with van der Waals surface area (Å²) in [5, 5.41) is 7.05. The number of benzene rings is 1. The van der Waals surface area contributed by atoms with E-state index in [9.17, 15) is 9.18 Å². The van der Waals surface area contributed by atoms with Crippen molar-refractivity contribution >= 4 is 18.3 Å². The van der Waals surface area contributed by atoms with Crippen LogP contribution in [-0.4, -0.2) is 42.7 Å². The van der Waals surface area contributed by atoms with Crippen LogP contribution in [0.5, 0.6) is 0 Å². The zero-order valence-corrected chi connectivity index (χ0v) is 14.0. The Kier molecular flexibility index (Phi) is 6.30. The predicted octanol–water partition coefficient (Wildman–Crippen LogP) is 2.17. The van der Waals surface area contributed by atoms with E-state index in [1.54, 1.807) is 24.1 Å². The number of nitrogens with zero attached hydrogens (tertiary/aromatic N) is 2. The standard InChI is InChI=1S/C16H18FN3O3.ClH/c1-22-10-13-8-14(19-23-13)16(21)20-6-5-18-9-15(20)11-3-2-4-12(17)7-11;/h2-4,7-8,15,18H,5-6,9-10H2,1H3;1H. The van der Waals surface area contributed by atoms with Crippen molar-refractivity contribution in [2.75, 3.05) is 26.7 Å². The number of amides is 1. The lowest BCUT2D eigenvalue weighted by Crippen LogP contribution is -2.48. The first kappa shape index (κ1) is 18.4. The van der Waals surface area contributed by atoms with Crippen LogP contribution in [0.4, 0.5) is 4.39 Å². The Bertz CT molecular complexity index is 695. The van der Waals surface area contributed by atoms with Crippen molar-refractivity contribution < 1.29 is 18.4 Å². The molecule has 6 nitrogen and oxygen atoms in total. The minimum atomic E-state index is -0.315. The van der Waals surface area contributed by atoms with Crippen molar-refractivity contribution in [3.05, 3.63) is 53.2 Å². The Morgan fingerprint density at radius 3 is 3.08 bits per heavy atom. The van der Waals surface area contributed by atoms with Crippen LogP contribution in [-0.2, 0) is 11.3 Å². The van der Waals surface area contributed by atoms with E-state index in [1.807, 2.05) is 6.07 Å². The molecule has 0 bridgehead atoms. The monoisotopic (exact) mass is 355 g/mol. The summed E-state index contributed by atoms with van der Waals surface area (Å²) < 4.78 is 23.5. The largest absolute Gasteiger partial charge is 0.377 e. The number of ether oxygens (including phenoxy) is 1. The van der Waals surface area contributed by atoms with Crippen molar-refractivity contribution in [1.29, 1.82) is 0 Å². The molecule has 3 rings (SSSR count). The summed E-state index contributed by atoms with van der Waals surface area (Å²) in [6.07, 6.45) is 0. The summed E-state index contributed by atoms with van der Waals surface area (Å²) in [5.41, 5.74) is 0.992. The molecule has 130 valence electrons. The van der Waals surface area contributed by atoms with Crippen molar-refractivity contribution in [3.8, 4) is 0 Å². The maximum absolute atomic E-state index is 13.5. The molecule has 1 unspecified atom stereocenters. The molecule has 24 heavy (non-hydrogen) atoms. The number of piperazine rings is 1. The molecule has 1 saturated heterocycles. The minimum absolute atomic E-state index is 0. The van der Waals surface area contributed by atoms with Gasteiger partial charge in [0, 0.05) is 32.8 Å². The SMILES string of the molecule is COCc1cc(C(=O)N2CCNCC2c2cccc(F)c2)no1.Cl. The molecule has 1 aromatic heterocycles. The molecule has 1 aliphatic rings. The molecule has 2 aromatic rings. The van der Waals surface area contributed by atoms with Gasteiger partial charge in [-0.1, -0.05) is 17.3 Å². The zero-order chi connectivity index (χ0) is 16.2. The Balaban J connectivity index is 0.00000208. The van der Waals surface area contributed by atoms with Crippen molar-refractivity contribution in [2.24, 2.45) is 0 Å². The molecule has 0 spiro atoms. The van der Waals surface area contributed by atoms with E-state index in [-0.39, 0.29) is 42.5 Å². The molecule has 1 N–H and O–H groups in total. The maximum atomic E-state index is 13.5. The molecular weight excluding hydrogens is 337 g/mol. The Morgan fingerprint density at radius 1 is 1.50 bits per heavy atom. The van der Waals surface area contributed by atoms with Crippen molar-refractivity contribution in [3.63, 3.8) is 0 Å². The second-order valence-electron chi connectivity index (χ2n) is 5.38.